The minimum Gasteiger partial charge on any atom is -0.481 e. The number of amides is 1. The molecule has 1 amide bonds. The number of likely N-dealkylation sites (tertiary alicyclic amines) is 1. The lowest BCUT2D eigenvalue weighted by molar-refractivity contribution is 0.0629. The maximum atomic E-state index is 13.3. The van der Waals surface area contributed by atoms with Gasteiger partial charge in [0.2, 0.25) is 5.88 Å². The summed E-state index contributed by atoms with van der Waals surface area (Å²) in [5.41, 5.74) is 2.19. The lowest BCUT2D eigenvalue weighted by Gasteiger charge is -2.22. The highest BCUT2D eigenvalue weighted by Crippen LogP contribution is 2.25. The normalized spacial score (nSPS) is 18.3. The largest absolute Gasteiger partial charge is 0.481 e. The summed E-state index contributed by atoms with van der Waals surface area (Å²) in [7, 11) is 3.21. The summed E-state index contributed by atoms with van der Waals surface area (Å²) in [6.07, 6.45) is -0.820. The van der Waals surface area contributed by atoms with Gasteiger partial charge in [-0.1, -0.05) is 6.92 Å². The van der Waals surface area contributed by atoms with Crippen LogP contribution in [0.1, 0.15) is 25.2 Å². The first-order chi connectivity index (χ1) is 14.8. The predicted octanol–water partition coefficient (Wildman–Crippen LogP) is 1.90. The van der Waals surface area contributed by atoms with Crippen molar-refractivity contribution in [2.75, 3.05) is 32.1 Å². The first kappa shape index (κ1) is 22.5. The van der Waals surface area contributed by atoms with E-state index in [0.29, 0.717) is 41.8 Å². The van der Waals surface area contributed by atoms with Crippen molar-refractivity contribution in [3.63, 3.8) is 0 Å². The smallest absolute Gasteiger partial charge is 0.407 e. The van der Waals surface area contributed by atoms with Crippen LogP contribution in [0.25, 0.3) is 11.4 Å². The Morgan fingerprint density at radius 2 is 2.03 bits per heavy atom. The highest BCUT2D eigenvalue weighted by atomic mass is 16.5. The zero-order chi connectivity index (χ0) is 22.7. The van der Waals surface area contributed by atoms with Gasteiger partial charge in [0.05, 0.1) is 37.2 Å². The molecular weight excluding hydrogens is 402 g/mol. The van der Waals surface area contributed by atoms with Gasteiger partial charge < -0.3 is 24.8 Å². The second-order valence-corrected chi connectivity index (χ2v) is 7.39. The molecule has 2 atom stereocenters. The summed E-state index contributed by atoms with van der Waals surface area (Å²) in [5.74, 6) is 1.01. The third-order valence-electron chi connectivity index (χ3n) is 5.46. The van der Waals surface area contributed by atoms with Crippen LogP contribution in [0.3, 0.4) is 0 Å². The maximum Gasteiger partial charge on any atom is 0.407 e. The first-order valence-corrected chi connectivity index (χ1v) is 10.3. The molecule has 0 saturated carbocycles. The molecule has 10 heteroatoms. The fourth-order valence-corrected chi connectivity index (χ4v) is 3.81. The molecule has 3 rings (SSSR count). The Morgan fingerprint density at radius 1 is 1.29 bits per heavy atom. The van der Waals surface area contributed by atoms with Gasteiger partial charge in [-0.3, -0.25) is 9.36 Å². The van der Waals surface area contributed by atoms with Gasteiger partial charge in [0.1, 0.15) is 11.5 Å². The van der Waals surface area contributed by atoms with Crippen molar-refractivity contribution >= 4 is 11.8 Å². The number of anilines is 1. The van der Waals surface area contributed by atoms with E-state index in [4.69, 9.17) is 14.5 Å². The first-order valence-electron chi connectivity index (χ1n) is 10.3. The van der Waals surface area contributed by atoms with Crippen LogP contribution in [0.5, 0.6) is 5.88 Å². The summed E-state index contributed by atoms with van der Waals surface area (Å²) in [5, 5.41) is 12.6. The van der Waals surface area contributed by atoms with E-state index in [1.165, 1.54) is 9.47 Å². The summed E-state index contributed by atoms with van der Waals surface area (Å²) in [6, 6.07) is 3.23. The van der Waals surface area contributed by atoms with Gasteiger partial charge in [0, 0.05) is 31.8 Å². The van der Waals surface area contributed by atoms with Crippen LogP contribution in [0.15, 0.2) is 16.9 Å². The van der Waals surface area contributed by atoms with Crippen LogP contribution in [-0.4, -0.2) is 69.6 Å². The number of hydrogen-bond donors (Lipinski definition) is 2. The van der Waals surface area contributed by atoms with Gasteiger partial charge >= 0.3 is 6.09 Å². The van der Waals surface area contributed by atoms with Crippen molar-refractivity contribution < 1.29 is 19.4 Å². The van der Waals surface area contributed by atoms with Gasteiger partial charge in [0.15, 0.2) is 0 Å². The average molecular weight is 431 g/mol. The Kier molecular flexibility index (Phi) is 6.79. The second kappa shape index (κ2) is 9.34. The number of hydrogen-bond acceptors (Lipinski definition) is 7. The van der Waals surface area contributed by atoms with Crippen LogP contribution in [0.2, 0.25) is 0 Å². The van der Waals surface area contributed by atoms with Crippen LogP contribution in [0.4, 0.5) is 10.5 Å². The van der Waals surface area contributed by atoms with E-state index in [0.717, 1.165) is 5.56 Å². The number of rotatable bonds is 7. The quantitative estimate of drug-likeness (QED) is 0.682. The molecule has 0 aliphatic carbocycles. The predicted molar refractivity (Wildman–Crippen MR) is 116 cm³/mol. The van der Waals surface area contributed by atoms with Crippen molar-refractivity contribution in [2.45, 2.75) is 39.3 Å². The van der Waals surface area contributed by atoms with E-state index in [-0.39, 0.29) is 30.8 Å². The number of aromatic nitrogens is 3. The summed E-state index contributed by atoms with van der Waals surface area (Å²) >= 11 is 0. The van der Waals surface area contributed by atoms with Crippen LogP contribution in [-0.2, 0) is 18.2 Å². The number of nitrogens with zero attached hydrogens (tertiary/aromatic N) is 4. The maximum absolute atomic E-state index is 13.3. The molecule has 31 heavy (non-hydrogen) atoms. The number of methoxy groups -OCH3 is 1. The molecule has 2 aromatic heterocycles. The monoisotopic (exact) mass is 431 g/mol. The summed E-state index contributed by atoms with van der Waals surface area (Å²) < 4.78 is 12.4. The molecule has 3 heterocycles. The van der Waals surface area contributed by atoms with Gasteiger partial charge in [-0.05, 0) is 26.3 Å². The molecule has 1 fully saturated rings. The van der Waals surface area contributed by atoms with Crippen LogP contribution >= 0.6 is 0 Å². The van der Waals surface area contributed by atoms with Gasteiger partial charge in [-0.2, -0.15) is 0 Å². The number of carbonyl (C=O) groups is 1. The van der Waals surface area contributed by atoms with E-state index < -0.39 is 6.09 Å². The third kappa shape index (κ3) is 4.48. The Balaban J connectivity index is 2.00. The number of ether oxygens (including phenoxy) is 2. The Bertz CT molecular complexity index is 1020. The van der Waals surface area contributed by atoms with E-state index in [1.54, 1.807) is 20.2 Å². The molecule has 168 valence electrons. The molecule has 0 radical (unpaired) electrons. The Labute approximate surface area is 180 Å². The lowest BCUT2D eigenvalue weighted by Crippen LogP contribution is -2.38. The van der Waals surface area contributed by atoms with E-state index in [9.17, 15) is 14.7 Å². The van der Waals surface area contributed by atoms with Gasteiger partial charge in [-0.15, -0.1) is 0 Å². The molecule has 10 nitrogen and oxygen atoms in total. The summed E-state index contributed by atoms with van der Waals surface area (Å²) in [6.45, 7) is 6.57. The fraction of sp³-hybridized carbons (Fsp3) is 0.524. The second-order valence-electron chi connectivity index (χ2n) is 7.39. The molecule has 1 aliphatic rings. The topological polar surface area (TPSA) is 119 Å². The van der Waals surface area contributed by atoms with Crippen molar-refractivity contribution in [3.05, 3.63) is 33.9 Å². The number of aryl methyl sites for hydroxylation is 2. The molecule has 0 aromatic carbocycles. The lowest BCUT2D eigenvalue weighted by atomic mass is 10.1. The van der Waals surface area contributed by atoms with Crippen molar-refractivity contribution in [3.8, 4) is 17.3 Å². The van der Waals surface area contributed by atoms with E-state index >= 15 is 0 Å². The molecule has 0 unspecified atom stereocenters. The van der Waals surface area contributed by atoms with Crippen molar-refractivity contribution in [2.24, 2.45) is 7.05 Å². The fourth-order valence-electron chi connectivity index (χ4n) is 3.81. The van der Waals surface area contributed by atoms with Crippen molar-refractivity contribution in [1.29, 1.82) is 0 Å². The molecular formula is C21H29N5O5. The molecule has 0 bridgehead atoms. The number of carboxylic acid groups (broad SMARTS) is 1. The van der Waals surface area contributed by atoms with Gasteiger partial charge in [0.25, 0.3) is 5.56 Å². The zero-order valence-electron chi connectivity index (χ0n) is 18.5. The minimum atomic E-state index is -1.01. The molecule has 1 aliphatic heterocycles. The highest BCUT2D eigenvalue weighted by molar-refractivity contribution is 5.66. The molecule has 1 saturated heterocycles. The summed E-state index contributed by atoms with van der Waals surface area (Å²) in [4.78, 5) is 35.1. The van der Waals surface area contributed by atoms with Crippen molar-refractivity contribution in [1.82, 2.24) is 19.4 Å². The van der Waals surface area contributed by atoms with Crippen LogP contribution < -0.4 is 15.6 Å². The number of nitrogens with one attached hydrogen (secondary N) is 1. The standard InChI is InChI=1S/C21H29N5O5/c1-6-14-18(23-15-10-26(21(28)29)11-16(15)31-7-2)20(27)25(4)19(24-14)13-8-9-17(30-5)22-12(13)3/h8-9,15-16,23H,6-7,10-11H2,1-5H3,(H,28,29)/t15-,16+/m1/s1. The number of pyridine rings is 1. The zero-order valence-corrected chi connectivity index (χ0v) is 18.5. The third-order valence-corrected chi connectivity index (χ3v) is 5.46. The SMILES string of the molecule is CCO[C@H]1CN(C(=O)O)C[C@H]1Nc1c(CC)nc(-c2ccc(OC)nc2C)n(C)c1=O. The highest BCUT2D eigenvalue weighted by Gasteiger charge is 2.37. The van der Waals surface area contributed by atoms with E-state index in [2.05, 4.69) is 10.3 Å². The molecule has 0 spiro atoms. The Morgan fingerprint density at radius 3 is 2.61 bits per heavy atom. The van der Waals surface area contributed by atoms with Crippen LogP contribution in [0, 0.1) is 6.92 Å². The van der Waals surface area contributed by atoms with Gasteiger partial charge in [-0.25, -0.2) is 14.8 Å². The molecule has 2 N–H and O–H groups in total. The Hall–Kier alpha value is -3.14. The average Bonchev–Trinajstić information content (AvgIpc) is 3.15. The molecule has 2 aromatic rings. The minimum absolute atomic E-state index is 0.232. The van der Waals surface area contributed by atoms with E-state index in [1.807, 2.05) is 26.8 Å².